The molecular formula is C27H23Cl2N3O5. The summed E-state index contributed by atoms with van der Waals surface area (Å²) in [5.41, 5.74) is 4.05. The molecule has 37 heavy (non-hydrogen) atoms. The third-order valence-corrected chi connectivity index (χ3v) is 6.40. The van der Waals surface area contributed by atoms with Gasteiger partial charge in [0.25, 0.3) is 11.8 Å². The van der Waals surface area contributed by atoms with Crippen LogP contribution in [-0.2, 0) is 20.8 Å². The van der Waals surface area contributed by atoms with E-state index in [9.17, 15) is 19.5 Å². The zero-order valence-corrected chi connectivity index (χ0v) is 21.1. The number of rotatable bonds is 8. The number of nitrogens with one attached hydrogen (secondary N) is 3. The van der Waals surface area contributed by atoms with E-state index in [1.165, 1.54) is 0 Å². The average Bonchev–Trinajstić information content (AvgIpc) is 3.28. The van der Waals surface area contributed by atoms with Crippen molar-refractivity contribution < 1.29 is 24.3 Å². The Morgan fingerprint density at radius 2 is 1.62 bits per heavy atom. The Kier molecular flexibility index (Phi) is 7.83. The van der Waals surface area contributed by atoms with Crippen LogP contribution in [0.25, 0.3) is 5.70 Å². The molecule has 1 unspecified atom stereocenters. The van der Waals surface area contributed by atoms with Crippen LogP contribution < -0.4 is 16.1 Å². The highest BCUT2D eigenvalue weighted by Gasteiger charge is 2.40. The van der Waals surface area contributed by atoms with E-state index in [-0.39, 0.29) is 22.0 Å². The standard InChI is InChI=1S/C27H23Cl2N3O5/c1-27(15-22(32-37-27)17-6-3-2-4-7-17)26(36)31-21(25(34)35)14-16-10-12-18(13-11-16)30-24(33)23-19(28)8-5-9-20(23)29/h2-13,15,21,32H,14H2,1H3,(H,30,33)(H,31,36)(H,34,35)/t21?,27-/m0/s1. The molecule has 4 N–H and O–H groups in total. The quantitative estimate of drug-likeness (QED) is 0.330. The third-order valence-electron chi connectivity index (χ3n) is 5.77. The van der Waals surface area contributed by atoms with Gasteiger partial charge in [-0.2, -0.15) is 0 Å². The van der Waals surface area contributed by atoms with Crippen molar-refractivity contribution in [3.63, 3.8) is 0 Å². The fraction of sp³-hybridized carbons (Fsp3) is 0.148. The van der Waals surface area contributed by atoms with Crippen molar-refractivity contribution in [1.29, 1.82) is 0 Å². The summed E-state index contributed by atoms with van der Waals surface area (Å²) in [6, 6.07) is 19.5. The lowest BCUT2D eigenvalue weighted by molar-refractivity contribution is -0.148. The van der Waals surface area contributed by atoms with E-state index < -0.39 is 29.4 Å². The van der Waals surface area contributed by atoms with Gasteiger partial charge in [0.15, 0.2) is 5.60 Å². The van der Waals surface area contributed by atoms with Gasteiger partial charge < -0.3 is 15.7 Å². The van der Waals surface area contributed by atoms with Crippen LogP contribution in [0.2, 0.25) is 10.0 Å². The van der Waals surface area contributed by atoms with Crippen molar-refractivity contribution >= 4 is 52.4 Å². The zero-order chi connectivity index (χ0) is 26.6. The van der Waals surface area contributed by atoms with Gasteiger partial charge in [-0.05, 0) is 48.4 Å². The van der Waals surface area contributed by atoms with Crippen LogP contribution in [0.1, 0.15) is 28.4 Å². The highest BCUT2D eigenvalue weighted by atomic mass is 35.5. The Morgan fingerprint density at radius 1 is 0.973 bits per heavy atom. The lowest BCUT2D eigenvalue weighted by Crippen LogP contribution is -2.51. The Bertz CT molecular complexity index is 1340. The predicted molar refractivity (Wildman–Crippen MR) is 141 cm³/mol. The number of aliphatic carboxylic acids is 1. The van der Waals surface area contributed by atoms with Crippen LogP contribution in [0.3, 0.4) is 0 Å². The molecular weight excluding hydrogens is 517 g/mol. The van der Waals surface area contributed by atoms with Crippen molar-refractivity contribution in [3.8, 4) is 0 Å². The maximum atomic E-state index is 13.0. The van der Waals surface area contributed by atoms with Crippen LogP contribution in [0.15, 0.2) is 78.9 Å². The number of halogens is 2. The monoisotopic (exact) mass is 539 g/mol. The summed E-state index contributed by atoms with van der Waals surface area (Å²) in [6.07, 6.45) is 1.63. The first-order chi connectivity index (χ1) is 17.7. The summed E-state index contributed by atoms with van der Waals surface area (Å²) in [6.45, 7) is 1.55. The maximum Gasteiger partial charge on any atom is 0.326 e. The first-order valence-electron chi connectivity index (χ1n) is 11.3. The zero-order valence-electron chi connectivity index (χ0n) is 19.6. The van der Waals surface area contributed by atoms with Crippen molar-refractivity contribution in [3.05, 3.63) is 106 Å². The summed E-state index contributed by atoms with van der Waals surface area (Å²) in [7, 11) is 0. The number of benzene rings is 3. The minimum Gasteiger partial charge on any atom is -0.480 e. The lowest BCUT2D eigenvalue weighted by Gasteiger charge is -2.22. The largest absolute Gasteiger partial charge is 0.480 e. The molecule has 1 aliphatic heterocycles. The van der Waals surface area contributed by atoms with Gasteiger partial charge in [0.2, 0.25) is 0 Å². The molecule has 1 aliphatic rings. The van der Waals surface area contributed by atoms with Crippen molar-refractivity contribution in [2.45, 2.75) is 25.0 Å². The van der Waals surface area contributed by atoms with Crippen LogP contribution in [0, 0.1) is 0 Å². The molecule has 0 saturated heterocycles. The lowest BCUT2D eigenvalue weighted by atomic mass is 10.0. The Hall–Kier alpha value is -3.85. The van der Waals surface area contributed by atoms with Crippen molar-refractivity contribution in [1.82, 2.24) is 10.8 Å². The van der Waals surface area contributed by atoms with Gasteiger partial charge in [0.05, 0.1) is 21.3 Å². The predicted octanol–water partition coefficient (Wildman–Crippen LogP) is 4.69. The van der Waals surface area contributed by atoms with Gasteiger partial charge in [0, 0.05) is 12.1 Å². The SMILES string of the molecule is C[C@@]1(C(=O)NC(Cc2ccc(NC(=O)c3c(Cl)cccc3Cl)cc2)C(=O)O)C=C(c2ccccc2)NO1. The van der Waals surface area contributed by atoms with Crippen LogP contribution in [-0.4, -0.2) is 34.5 Å². The number of carboxylic acids is 1. The molecule has 0 aliphatic carbocycles. The van der Waals surface area contributed by atoms with Gasteiger partial charge in [0.1, 0.15) is 6.04 Å². The highest BCUT2D eigenvalue weighted by Crippen LogP contribution is 2.27. The molecule has 0 bridgehead atoms. The van der Waals surface area contributed by atoms with E-state index in [1.807, 2.05) is 30.3 Å². The summed E-state index contributed by atoms with van der Waals surface area (Å²) in [5, 5.41) is 15.4. The second kappa shape index (κ2) is 11.0. The van der Waals surface area contributed by atoms with E-state index in [2.05, 4.69) is 16.1 Å². The number of carboxylic acid groups (broad SMARTS) is 1. The number of anilines is 1. The Balaban J connectivity index is 1.41. The maximum absolute atomic E-state index is 13.0. The van der Waals surface area contributed by atoms with Crippen molar-refractivity contribution in [2.24, 2.45) is 0 Å². The molecule has 3 aromatic carbocycles. The molecule has 4 rings (SSSR count). The second-order valence-corrected chi connectivity index (χ2v) is 9.37. The summed E-state index contributed by atoms with van der Waals surface area (Å²) in [5.74, 6) is -2.26. The van der Waals surface area contributed by atoms with Crippen molar-refractivity contribution in [2.75, 3.05) is 5.32 Å². The Morgan fingerprint density at radius 3 is 2.24 bits per heavy atom. The molecule has 0 aromatic heterocycles. The molecule has 0 fully saturated rings. The molecule has 2 amide bonds. The topological polar surface area (TPSA) is 117 Å². The smallest absolute Gasteiger partial charge is 0.326 e. The molecule has 0 spiro atoms. The minimum atomic E-state index is -1.40. The number of hydrogen-bond donors (Lipinski definition) is 4. The fourth-order valence-electron chi connectivity index (χ4n) is 3.74. The van der Waals surface area contributed by atoms with E-state index in [1.54, 1.807) is 55.5 Å². The number of carbonyl (C=O) groups excluding carboxylic acids is 2. The van der Waals surface area contributed by atoms with E-state index in [0.717, 1.165) is 5.56 Å². The summed E-state index contributed by atoms with van der Waals surface area (Å²) >= 11 is 12.2. The molecule has 3 aromatic rings. The van der Waals surface area contributed by atoms with E-state index >= 15 is 0 Å². The van der Waals surface area contributed by atoms with Crippen LogP contribution in [0.5, 0.6) is 0 Å². The highest BCUT2D eigenvalue weighted by molar-refractivity contribution is 6.40. The molecule has 2 atom stereocenters. The number of hydroxylamine groups is 1. The molecule has 190 valence electrons. The third kappa shape index (κ3) is 6.11. The molecule has 8 nitrogen and oxygen atoms in total. The van der Waals surface area contributed by atoms with Crippen LogP contribution in [0.4, 0.5) is 5.69 Å². The molecule has 0 radical (unpaired) electrons. The molecule has 1 heterocycles. The fourth-order valence-corrected chi connectivity index (χ4v) is 4.31. The summed E-state index contributed by atoms with van der Waals surface area (Å²) in [4.78, 5) is 42.9. The normalized spacial score (nSPS) is 17.3. The van der Waals surface area contributed by atoms with E-state index in [0.29, 0.717) is 16.9 Å². The average molecular weight is 540 g/mol. The van der Waals surface area contributed by atoms with Gasteiger partial charge in [-0.15, -0.1) is 0 Å². The van der Waals surface area contributed by atoms with Gasteiger partial charge in [-0.1, -0.05) is 71.7 Å². The van der Waals surface area contributed by atoms with Crippen LogP contribution >= 0.6 is 23.2 Å². The van der Waals surface area contributed by atoms with Gasteiger partial charge >= 0.3 is 5.97 Å². The van der Waals surface area contributed by atoms with Gasteiger partial charge in [-0.25, -0.2) is 4.79 Å². The minimum absolute atomic E-state index is 0.0183. The van der Waals surface area contributed by atoms with Gasteiger partial charge in [-0.3, -0.25) is 19.9 Å². The molecule has 10 heteroatoms. The number of amides is 2. The number of hydrogen-bond acceptors (Lipinski definition) is 5. The number of carbonyl (C=O) groups is 3. The Labute approximate surface area is 223 Å². The molecule has 0 saturated carbocycles. The first kappa shape index (κ1) is 26.2. The second-order valence-electron chi connectivity index (χ2n) is 8.55. The first-order valence-corrected chi connectivity index (χ1v) is 12.0. The van der Waals surface area contributed by atoms with E-state index in [4.69, 9.17) is 28.0 Å². The summed E-state index contributed by atoms with van der Waals surface area (Å²) < 4.78 is 0.